The number of amides is 1. The molecule has 6 atom stereocenters. The Kier molecular flexibility index (Phi) is 5.79. The van der Waals surface area contributed by atoms with Crippen LogP contribution in [0.1, 0.15) is 65.9 Å². The van der Waals surface area contributed by atoms with Crippen LogP contribution in [0.4, 0.5) is 0 Å². The molecule has 1 saturated heterocycles. The summed E-state index contributed by atoms with van der Waals surface area (Å²) in [5.41, 5.74) is 0.726. The van der Waals surface area contributed by atoms with Crippen molar-refractivity contribution >= 4 is 15.9 Å². The average molecular weight is 450 g/mol. The lowest BCUT2D eigenvalue weighted by atomic mass is 9.69. The van der Waals surface area contributed by atoms with E-state index >= 15 is 0 Å². The predicted molar refractivity (Wildman–Crippen MR) is 122 cm³/mol. The van der Waals surface area contributed by atoms with E-state index in [4.69, 9.17) is 4.74 Å². The minimum Gasteiger partial charge on any atom is -0.372 e. The lowest BCUT2D eigenvalue weighted by Crippen LogP contribution is -2.49. The molecule has 4 rings (SSSR count). The first kappa shape index (κ1) is 22.8. The highest BCUT2D eigenvalue weighted by Gasteiger charge is 2.72. The summed E-state index contributed by atoms with van der Waals surface area (Å²) in [7, 11) is -3.61. The van der Waals surface area contributed by atoms with Crippen molar-refractivity contribution in [3.05, 3.63) is 35.9 Å². The summed E-state index contributed by atoms with van der Waals surface area (Å²) >= 11 is 0. The number of fused-ring (bicyclic) bond motifs is 1. The predicted octanol–water partition coefficient (Wildman–Crippen LogP) is 4.62. The van der Waals surface area contributed by atoms with E-state index in [9.17, 15) is 13.2 Å². The van der Waals surface area contributed by atoms with Crippen LogP contribution in [0, 0.1) is 28.6 Å². The molecule has 2 aliphatic carbocycles. The summed E-state index contributed by atoms with van der Waals surface area (Å²) < 4.78 is 34.2. The Balaban J connectivity index is 1.58. The number of hydrogen-bond acceptors (Lipinski definition) is 4. The number of hydrogen-bond donors (Lipinski definition) is 0. The van der Waals surface area contributed by atoms with Gasteiger partial charge < -0.3 is 4.74 Å². The smallest absolute Gasteiger partial charge is 0.241 e. The highest BCUT2D eigenvalue weighted by molar-refractivity contribution is 7.90. The summed E-state index contributed by atoms with van der Waals surface area (Å²) in [6.07, 6.45) is 3.34. The van der Waals surface area contributed by atoms with Gasteiger partial charge in [0.2, 0.25) is 15.9 Å². The molecule has 0 N–H and O–H groups in total. The molecule has 0 aromatic heterocycles. The number of rotatable bonds is 7. The molecule has 1 spiro atoms. The third kappa shape index (κ3) is 3.45. The van der Waals surface area contributed by atoms with Crippen LogP contribution in [0.15, 0.2) is 30.3 Å². The van der Waals surface area contributed by atoms with Crippen LogP contribution in [-0.2, 0) is 26.2 Å². The molecule has 172 valence electrons. The number of sulfonamides is 1. The van der Waals surface area contributed by atoms with Gasteiger partial charge in [0.1, 0.15) is 0 Å². The van der Waals surface area contributed by atoms with E-state index in [1.165, 1.54) is 4.31 Å². The maximum absolute atomic E-state index is 13.7. The third-order valence-corrected chi connectivity index (χ3v) is 10.9. The average Bonchev–Trinajstić information content (AvgIpc) is 3.21. The molecule has 31 heavy (non-hydrogen) atoms. The van der Waals surface area contributed by atoms with Gasteiger partial charge in [-0.15, -0.1) is 0 Å². The first-order valence-electron chi connectivity index (χ1n) is 11.8. The van der Waals surface area contributed by atoms with Crippen LogP contribution in [0.3, 0.4) is 0 Å². The molecule has 1 amide bonds. The van der Waals surface area contributed by atoms with Crippen LogP contribution in [0.5, 0.6) is 0 Å². The van der Waals surface area contributed by atoms with E-state index in [2.05, 4.69) is 27.7 Å². The van der Waals surface area contributed by atoms with Crippen LogP contribution in [0.25, 0.3) is 0 Å². The summed E-state index contributed by atoms with van der Waals surface area (Å²) in [6.45, 7) is 10.9. The van der Waals surface area contributed by atoms with Gasteiger partial charge in [0.15, 0.2) is 0 Å². The molecular formula is C25H37NO4S. The van der Waals surface area contributed by atoms with Crippen molar-refractivity contribution in [2.24, 2.45) is 28.6 Å². The summed E-state index contributed by atoms with van der Waals surface area (Å²) in [5, 5.41) is 0. The lowest BCUT2D eigenvalue weighted by Gasteiger charge is -2.38. The van der Waals surface area contributed by atoms with Gasteiger partial charge in [0, 0.05) is 5.41 Å². The van der Waals surface area contributed by atoms with E-state index in [0.29, 0.717) is 12.5 Å². The van der Waals surface area contributed by atoms with E-state index < -0.39 is 15.9 Å². The van der Waals surface area contributed by atoms with E-state index in [0.717, 1.165) is 31.2 Å². The molecule has 6 heteroatoms. The summed E-state index contributed by atoms with van der Waals surface area (Å²) in [4.78, 5) is 13.7. The van der Waals surface area contributed by atoms with Crippen molar-refractivity contribution in [2.75, 3.05) is 5.75 Å². The van der Waals surface area contributed by atoms with Gasteiger partial charge in [-0.05, 0) is 42.1 Å². The lowest BCUT2D eigenvalue weighted by molar-refractivity contribution is -0.140. The molecule has 1 aromatic rings. The van der Waals surface area contributed by atoms with Crippen molar-refractivity contribution in [1.29, 1.82) is 0 Å². The minimum atomic E-state index is -3.61. The fourth-order valence-corrected chi connectivity index (χ4v) is 9.34. The van der Waals surface area contributed by atoms with E-state index in [-0.39, 0.29) is 40.6 Å². The first-order chi connectivity index (χ1) is 14.5. The Labute approximate surface area is 187 Å². The second-order valence-electron chi connectivity index (χ2n) is 10.7. The molecule has 1 aliphatic heterocycles. The van der Waals surface area contributed by atoms with Gasteiger partial charge >= 0.3 is 0 Å². The molecule has 2 saturated carbocycles. The molecule has 2 bridgehead atoms. The number of carbonyl (C=O) groups excluding carboxylic acids is 1. The minimum absolute atomic E-state index is 0.0388. The molecule has 0 unspecified atom stereocenters. The maximum Gasteiger partial charge on any atom is 0.241 e. The zero-order valence-corrected chi connectivity index (χ0v) is 20.3. The Hall–Kier alpha value is -1.40. The zero-order chi connectivity index (χ0) is 22.6. The van der Waals surface area contributed by atoms with Gasteiger partial charge in [-0.3, -0.25) is 4.79 Å². The summed E-state index contributed by atoms with van der Waals surface area (Å²) in [6, 6.07) is 9.73. The fraction of sp³-hybridized carbons (Fsp3) is 0.720. The summed E-state index contributed by atoms with van der Waals surface area (Å²) in [5.74, 6) is -0.0167. The van der Waals surface area contributed by atoms with Crippen LogP contribution in [-0.4, -0.2) is 36.5 Å². The highest BCUT2D eigenvalue weighted by Crippen LogP contribution is 2.70. The van der Waals surface area contributed by atoms with Crippen LogP contribution in [0.2, 0.25) is 0 Å². The molecular weight excluding hydrogens is 412 g/mol. The molecule has 1 heterocycles. The van der Waals surface area contributed by atoms with Crippen molar-refractivity contribution in [1.82, 2.24) is 4.31 Å². The van der Waals surface area contributed by atoms with E-state index in [1.807, 2.05) is 37.3 Å². The first-order valence-corrected chi connectivity index (χ1v) is 13.4. The molecule has 3 fully saturated rings. The molecule has 5 nitrogen and oxygen atoms in total. The second kappa shape index (κ2) is 7.87. The quantitative estimate of drug-likeness (QED) is 0.609. The Morgan fingerprint density at radius 2 is 1.90 bits per heavy atom. The molecule has 0 radical (unpaired) electrons. The number of carbonyl (C=O) groups is 1. The van der Waals surface area contributed by atoms with Crippen molar-refractivity contribution in [2.45, 2.75) is 79.1 Å². The Morgan fingerprint density at radius 1 is 1.23 bits per heavy atom. The number of ether oxygens (including phenoxy) is 1. The number of benzene rings is 1. The Bertz CT molecular complexity index is 928. The van der Waals surface area contributed by atoms with Gasteiger partial charge in [-0.2, -0.15) is 0 Å². The van der Waals surface area contributed by atoms with Gasteiger partial charge in [-0.25, -0.2) is 12.7 Å². The monoisotopic (exact) mass is 449 g/mol. The standard InChI is InChI=1S/C25H37NO4S/c1-6-17(2)22(30-15-19-10-8-7-9-11-19)18(3)23(27)26-21-14-20-12-13-25(21,24(20,4)5)16-31(26,28)29/h7-11,17-18,20-22H,6,12-16H2,1-5H3/t17-,18+,20-,21-,22+,25-/m0/s1/i23+2. The Morgan fingerprint density at radius 3 is 2.52 bits per heavy atom. The topological polar surface area (TPSA) is 63.7 Å². The number of nitrogens with zero attached hydrogens (tertiary/aromatic N) is 1. The van der Waals surface area contributed by atoms with Gasteiger partial charge in [0.25, 0.3) is 0 Å². The maximum atomic E-state index is 13.7. The second-order valence-corrected chi connectivity index (χ2v) is 12.5. The molecule has 3 aliphatic rings. The van der Waals surface area contributed by atoms with Gasteiger partial charge in [-0.1, -0.05) is 71.4 Å². The van der Waals surface area contributed by atoms with Crippen molar-refractivity contribution in [3.63, 3.8) is 0 Å². The van der Waals surface area contributed by atoms with E-state index in [1.54, 1.807) is 0 Å². The molecule has 1 aromatic carbocycles. The fourth-order valence-electron chi connectivity index (χ4n) is 6.72. The van der Waals surface area contributed by atoms with Gasteiger partial charge in [0.05, 0.1) is 30.4 Å². The SMILES string of the molecule is CC[C@H](C)[C@@H](OCc1ccccc1)[C@@H](C)[14C](=O)N1[C@H]2C[C@@H]3CC[C@@]2(CS1(=O)=O)C3(C)C. The zero-order valence-electron chi connectivity index (χ0n) is 19.5. The normalized spacial score (nSPS) is 33.1. The largest absolute Gasteiger partial charge is 0.372 e. The van der Waals surface area contributed by atoms with Crippen LogP contribution >= 0.6 is 0 Å². The van der Waals surface area contributed by atoms with Crippen molar-refractivity contribution < 1.29 is 17.9 Å². The van der Waals surface area contributed by atoms with Crippen LogP contribution < -0.4 is 0 Å². The third-order valence-electron chi connectivity index (χ3n) is 9.00. The highest BCUT2D eigenvalue weighted by atomic mass is 32.2. The van der Waals surface area contributed by atoms with Crippen molar-refractivity contribution in [3.8, 4) is 0 Å².